The van der Waals surface area contributed by atoms with Crippen molar-refractivity contribution in [3.05, 3.63) is 77.1 Å². The van der Waals surface area contributed by atoms with E-state index in [1.165, 1.54) is 36.0 Å². The van der Waals surface area contributed by atoms with E-state index >= 15 is 0 Å². The molecule has 0 aliphatic rings. The number of carbonyl (C=O) groups excluding carboxylic acids is 1. The number of pyridine rings is 1. The summed E-state index contributed by atoms with van der Waals surface area (Å²) in [5.41, 5.74) is 2.45. The topological polar surface area (TPSA) is 65.8 Å². The van der Waals surface area contributed by atoms with Gasteiger partial charge in [0.1, 0.15) is 16.9 Å². The molecule has 1 N–H and O–H groups in total. The fraction of sp³-hybridized carbons (Fsp3) is 0.0500. The average Bonchev–Trinajstić information content (AvgIpc) is 2.68. The molecule has 0 fully saturated rings. The highest BCUT2D eigenvalue weighted by Gasteiger charge is 2.11. The third-order valence-corrected chi connectivity index (χ3v) is 4.83. The van der Waals surface area contributed by atoms with Crippen LogP contribution in [0.25, 0.3) is 11.3 Å². The lowest BCUT2D eigenvalue weighted by molar-refractivity contribution is -0.113. The zero-order valence-corrected chi connectivity index (χ0v) is 15.5. The molecular weight excluding hydrogens is 385 g/mol. The molecule has 3 aromatic rings. The highest BCUT2D eigenvalue weighted by Crippen LogP contribution is 2.26. The maximum absolute atomic E-state index is 12.9. The van der Waals surface area contributed by atoms with Crippen LogP contribution in [0.15, 0.2) is 65.7 Å². The van der Waals surface area contributed by atoms with Crippen molar-refractivity contribution in [2.75, 3.05) is 11.1 Å². The van der Waals surface area contributed by atoms with Crippen molar-refractivity contribution in [1.82, 2.24) is 4.98 Å². The van der Waals surface area contributed by atoms with Crippen LogP contribution in [0.5, 0.6) is 0 Å². The minimum absolute atomic E-state index is 0.0725. The van der Waals surface area contributed by atoms with Crippen LogP contribution in [0.2, 0.25) is 5.02 Å². The Morgan fingerprint density at radius 1 is 1.11 bits per heavy atom. The highest BCUT2D eigenvalue weighted by molar-refractivity contribution is 8.00. The number of nitriles is 1. The lowest BCUT2D eigenvalue weighted by Gasteiger charge is -2.08. The Labute approximate surface area is 165 Å². The minimum atomic E-state index is -0.371. The van der Waals surface area contributed by atoms with Crippen molar-refractivity contribution in [1.29, 1.82) is 5.26 Å². The maximum atomic E-state index is 12.9. The van der Waals surface area contributed by atoms with Crippen LogP contribution in [0.1, 0.15) is 5.56 Å². The van der Waals surface area contributed by atoms with Crippen molar-refractivity contribution in [2.24, 2.45) is 0 Å². The summed E-state index contributed by atoms with van der Waals surface area (Å²) in [6.45, 7) is 0. The van der Waals surface area contributed by atoms with Gasteiger partial charge in [0.15, 0.2) is 0 Å². The van der Waals surface area contributed by atoms with Gasteiger partial charge in [0.2, 0.25) is 5.91 Å². The number of aromatic nitrogens is 1. The average molecular weight is 398 g/mol. The molecule has 0 atom stereocenters. The summed E-state index contributed by atoms with van der Waals surface area (Å²) in [5.74, 6) is -0.568. The van der Waals surface area contributed by atoms with Crippen LogP contribution in [-0.2, 0) is 4.79 Å². The summed E-state index contributed by atoms with van der Waals surface area (Å²) < 4.78 is 12.9. The number of halogens is 2. The van der Waals surface area contributed by atoms with E-state index in [4.69, 9.17) is 11.6 Å². The molecule has 1 aromatic heterocycles. The molecule has 0 radical (unpaired) electrons. The van der Waals surface area contributed by atoms with Crippen LogP contribution < -0.4 is 5.32 Å². The monoisotopic (exact) mass is 397 g/mol. The van der Waals surface area contributed by atoms with Gasteiger partial charge in [0.25, 0.3) is 0 Å². The number of hydrogen-bond donors (Lipinski definition) is 1. The zero-order valence-electron chi connectivity index (χ0n) is 13.9. The molecule has 0 spiro atoms. The smallest absolute Gasteiger partial charge is 0.234 e. The second-order valence-corrected chi connectivity index (χ2v) is 6.91. The van der Waals surface area contributed by atoms with Crippen molar-refractivity contribution >= 4 is 35.0 Å². The molecular formula is C20H13ClFN3OS. The number of carbonyl (C=O) groups is 1. The van der Waals surface area contributed by atoms with Crippen LogP contribution in [0.3, 0.4) is 0 Å². The first kappa shape index (κ1) is 18.9. The molecule has 0 aliphatic heterocycles. The van der Waals surface area contributed by atoms with E-state index in [0.29, 0.717) is 27.0 Å². The SMILES string of the molecule is N#Cc1ccc(-c2ccc(Cl)cc2)nc1SCC(=O)Nc1ccc(F)cc1. The molecule has 0 saturated carbocycles. The molecule has 3 rings (SSSR count). The van der Waals surface area contributed by atoms with E-state index in [0.717, 1.165) is 5.56 Å². The van der Waals surface area contributed by atoms with Gasteiger partial charge in [0.05, 0.1) is 17.0 Å². The van der Waals surface area contributed by atoms with Crippen LogP contribution in [0.4, 0.5) is 10.1 Å². The first-order valence-corrected chi connectivity index (χ1v) is 9.27. The number of hydrogen-bond acceptors (Lipinski definition) is 4. The lowest BCUT2D eigenvalue weighted by atomic mass is 10.1. The van der Waals surface area contributed by atoms with E-state index in [9.17, 15) is 14.4 Å². The zero-order chi connectivity index (χ0) is 19.2. The molecule has 0 aliphatic carbocycles. The highest BCUT2D eigenvalue weighted by atomic mass is 35.5. The number of nitrogens with zero attached hydrogens (tertiary/aromatic N) is 2. The minimum Gasteiger partial charge on any atom is -0.325 e. The van der Waals surface area contributed by atoms with Gasteiger partial charge < -0.3 is 5.32 Å². The van der Waals surface area contributed by atoms with Gasteiger partial charge in [-0.3, -0.25) is 4.79 Å². The first-order valence-electron chi connectivity index (χ1n) is 7.90. The predicted molar refractivity (Wildman–Crippen MR) is 105 cm³/mol. The van der Waals surface area contributed by atoms with Crippen LogP contribution in [0, 0.1) is 17.1 Å². The Kier molecular flexibility index (Phi) is 6.07. The first-order chi connectivity index (χ1) is 13.0. The standard InChI is InChI=1S/C20H13ClFN3OS/c21-15-4-1-13(2-5-15)18-10-3-14(11-23)20(25-18)27-12-19(26)24-17-8-6-16(22)7-9-17/h1-10H,12H2,(H,24,26). The molecule has 134 valence electrons. The molecule has 1 heterocycles. The maximum Gasteiger partial charge on any atom is 0.234 e. The van der Waals surface area contributed by atoms with Gasteiger partial charge >= 0.3 is 0 Å². The number of anilines is 1. The van der Waals surface area contributed by atoms with Gasteiger partial charge in [-0.1, -0.05) is 35.5 Å². The Morgan fingerprint density at radius 2 is 1.81 bits per heavy atom. The van der Waals surface area contributed by atoms with E-state index in [-0.39, 0.29) is 17.5 Å². The Balaban J connectivity index is 1.72. The molecule has 27 heavy (non-hydrogen) atoms. The van der Waals surface area contributed by atoms with Crippen molar-refractivity contribution in [3.8, 4) is 17.3 Å². The summed E-state index contributed by atoms with van der Waals surface area (Å²) in [4.78, 5) is 16.6. The Bertz CT molecular complexity index is 1000. The molecule has 1 amide bonds. The predicted octanol–water partition coefficient (Wildman–Crippen LogP) is 5.14. The van der Waals surface area contributed by atoms with Crippen LogP contribution >= 0.6 is 23.4 Å². The molecule has 7 heteroatoms. The van der Waals surface area contributed by atoms with E-state index in [2.05, 4.69) is 16.4 Å². The third-order valence-electron chi connectivity index (χ3n) is 3.59. The summed E-state index contributed by atoms with van der Waals surface area (Å²) in [5, 5.41) is 13.1. The lowest BCUT2D eigenvalue weighted by Crippen LogP contribution is -2.14. The molecule has 0 saturated heterocycles. The van der Waals surface area contributed by atoms with Gasteiger partial charge in [-0.25, -0.2) is 9.37 Å². The quantitative estimate of drug-likeness (QED) is 0.605. The number of thioether (sulfide) groups is 1. The van der Waals surface area contributed by atoms with Crippen LogP contribution in [-0.4, -0.2) is 16.6 Å². The van der Waals surface area contributed by atoms with Crippen molar-refractivity contribution in [2.45, 2.75) is 5.03 Å². The Morgan fingerprint density at radius 3 is 2.48 bits per heavy atom. The van der Waals surface area contributed by atoms with Gasteiger partial charge in [-0.05, 0) is 48.5 Å². The van der Waals surface area contributed by atoms with Gasteiger partial charge in [-0.15, -0.1) is 0 Å². The summed E-state index contributed by atoms with van der Waals surface area (Å²) >= 11 is 7.07. The number of amides is 1. The molecule has 0 unspecified atom stereocenters. The summed E-state index contributed by atoms with van der Waals surface area (Å²) in [7, 11) is 0. The molecule has 2 aromatic carbocycles. The normalized spacial score (nSPS) is 10.3. The number of benzene rings is 2. The third kappa shape index (κ3) is 5.07. The fourth-order valence-electron chi connectivity index (χ4n) is 2.28. The number of rotatable bonds is 5. The summed E-state index contributed by atoms with van der Waals surface area (Å²) in [6, 6.07) is 18.2. The Hall–Kier alpha value is -2.88. The van der Waals surface area contributed by atoms with E-state index in [1.54, 1.807) is 24.3 Å². The van der Waals surface area contributed by atoms with Crippen molar-refractivity contribution in [3.63, 3.8) is 0 Å². The number of nitrogens with one attached hydrogen (secondary N) is 1. The second kappa shape index (κ2) is 8.67. The molecule has 0 bridgehead atoms. The van der Waals surface area contributed by atoms with E-state index < -0.39 is 0 Å². The second-order valence-electron chi connectivity index (χ2n) is 5.51. The fourth-order valence-corrected chi connectivity index (χ4v) is 3.18. The van der Waals surface area contributed by atoms with Crippen molar-refractivity contribution < 1.29 is 9.18 Å². The molecule has 4 nitrogen and oxygen atoms in total. The van der Waals surface area contributed by atoms with Gasteiger partial charge in [-0.2, -0.15) is 5.26 Å². The summed E-state index contributed by atoms with van der Waals surface area (Å²) in [6.07, 6.45) is 0. The van der Waals surface area contributed by atoms with E-state index in [1.807, 2.05) is 12.1 Å². The largest absolute Gasteiger partial charge is 0.325 e. The van der Waals surface area contributed by atoms with Gasteiger partial charge in [0, 0.05) is 16.3 Å².